The Balaban J connectivity index is 2.60. The highest BCUT2D eigenvalue weighted by Crippen LogP contribution is 2.08. The molecule has 0 aromatic heterocycles. The third-order valence-electron chi connectivity index (χ3n) is 4.57. The lowest BCUT2D eigenvalue weighted by Gasteiger charge is -2.26. The van der Waals surface area contributed by atoms with Crippen LogP contribution in [0.3, 0.4) is 0 Å². The van der Waals surface area contributed by atoms with Crippen LogP contribution >= 0.6 is 0 Å². The van der Waals surface area contributed by atoms with Crippen molar-refractivity contribution in [3.05, 3.63) is 35.4 Å². The van der Waals surface area contributed by atoms with E-state index < -0.39 is 0 Å². The molecule has 0 unspecified atom stereocenters. The molecule has 0 spiro atoms. The van der Waals surface area contributed by atoms with E-state index in [1.54, 1.807) is 6.92 Å². The van der Waals surface area contributed by atoms with Crippen LogP contribution in [-0.2, 0) is 20.7 Å². The maximum Gasteiger partial charge on any atom is 0.307 e. The van der Waals surface area contributed by atoms with Crippen LogP contribution in [0, 0.1) is 6.92 Å². The van der Waals surface area contributed by atoms with E-state index in [-0.39, 0.29) is 18.3 Å². The molecule has 0 N–H and O–H groups in total. The van der Waals surface area contributed by atoms with Crippen molar-refractivity contribution in [2.45, 2.75) is 47.0 Å². The minimum absolute atomic E-state index is 0.0991. The summed E-state index contributed by atoms with van der Waals surface area (Å²) in [5.41, 5.74) is 2.38. The largest absolute Gasteiger partial charge is 0.466 e. The molecule has 0 bridgehead atoms. The van der Waals surface area contributed by atoms with E-state index in [2.05, 4.69) is 49.9 Å². The first-order valence-corrected chi connectivity index (χ1v) is 9.71. The van der Waals surface area contributed by atoms with Gasteiger partial charge in [0.25, 0.3) is 0 Å². The lowest BCUT2D eigenvalue weighted by Crippen LogP contribution is -2.40. The summed E-state index contributed by atoms with van der Waals surface area (Å²) in [5, 5.41) is 0. The van der Waals surface area contributed by atoms with Gasteiger partial charge < -0.3 is 14.5 Å². The van der Waals surface area contributed by atoms with Crippen LogP contribution in [0.4, 0.5) is 0 Å². The maximum atomic E-state index is 12.7. The van der Waals surface area contributed by atoms with E-state index >= 15 is 0 Å². The highest BCUT2D eigenvalue weighted by Gasteiger charge is 2.16. The fourth-order valence-corrected chi connectivity index (χ4v) is 2.79. The third-order valence-corrected chi connectivity index (χ3v) is 4.57. The smallest absolute Gasteiger partial charge is 0.307 e. The molecular weight excluding hydrogens is 328 g/mol. The lowest BCUT2D eigenvalue weighted by atomic mass is 10.1. The van der Waals surface area contributed by atoms with Crippen LogP contribution in [0.15, 0.2) is 24.3 Å². The van der Waals surface area contributed by atoms with Crippen LogP contribution in [0.2, 0.25) is 0 Å². The first-order chi connectivity index (χ1) is 12.5. The second-order valence-corrected chi connectivity index (χ2v) is 6.45. The molecule has 0 heterocycles. The van der Waals surface area contributed by atoms with Crippen molar-refractivity contribution < 1.29 is 14.3 Å². The Bertz CT molecular complexity index is 539. The number of carbonyl (C=O) groups is 2. The van der Waals surface area contributed by atoms with Gasteiger partial charge in [-0.05, 0) is 38.9 Å². The normalized spacial score (nSPS) is 10.8. The van der Waals surface area contributed by atoms with Crippen LogP contribution in [-0.4, -0.2) is 61.0 Å². The summed E-state index contributed by atoms with van der Waals surface area (Å²) >= 11 is 0. The SMILES string of the molecule is CCOC(=O)CCN(CCN(CC)CC)C(=O)CCc1ccc(C)cc1. The second kappa shape index (κ2) is 12.5. The number of likely N-dealkylation sites (N-methyl/N-ethyl adjacent to an activating group) is 1. The number of rotatable bonds is 12. The van der Waals surface area contributed by atoms with Gasteiger partial charge in [0, 0.05) is 26.1 Å². The average Bonchev–Trinajstić information content (AvgIpc) is 2.64. The monoisotopic (exact) mass is 362 g/mol. The Kier molecular flexibility index (Phi) is 10.6. The molecule has 146 valence electrons. The first kappa shape index (κ1) is 22.2. The molecule has 5 nitrogen and oxygen atoms in total. The van der Waals surface area contributed by atoms with E-state index in [4.69, 9.17) is 4.74 Å². The third kappa shape index (κ3) is 8.48. The van der Waals surface area contributed by atoms with Crippen molar-refractivity contribution in [3.63, 3.8) is 0 Å². The Morgan fingerprint density at radius 2 is 1.58 bits per heavy atom. The minimum Gasteiger partial charge on any atom is -0.466 e. The molecule has 26 heavy (non-hydrogen) atoms. The van der Waals surface area contributed by atoms with Gasteiger partial charge in [0.1, 0.15) is 0 Å². The van der Waals surface area contributed by atoms with Gasteiger partial charge >= 0.3 is 5.97 Å². The lowest BCUT2D eigenvalue weighted by molar-refractivity contribution is -0.144. The molecule has 1 aromatic rings. The van der Waals surface area contributed by atoms with Gasteiger partial charge in [0.2, 0.25) is 5.91 Å². The highest BCUT2D eigenvalue weighted by molar-refractivity contribution is 5.77. The number of hydrogen-bond acceptors (Lipinski definition) is 4. The van der Waals surface area contributed by atoms with Crippen LogP contribution in [0.1, 0.15) is 44.7 Å². The topological polar surface area (TPSA) is 49.9 Å². The van der Waals surface area contributed by atoms with Gasteiger partial charge in [-0.25, -0.2) is 0 Å². The fourth-order valence-electron chi connectivity index (χ4n) is 2.79. The van der Waals surface area contributed by atoms with E-state index in [9.17, 15) is 9.59 Å². The summed E-state index contributed by atoms with van der Waals surface area (Å²) in [7, 11) is 0. The predicted molar refractivity (Wildman–Crippen MR) is 105 cm³/mol. The van der Waals surface area contributed by atoms with Crippen molar-refractivity contribution in [1.29, 1.82) is 0 Å². The molecule has 1 aromatic carbocycles. The van der Waals surface area contributed by atoms with Crippen molar-refractivity contribution in [2.75, 3.05) is 39.3 Å². The number of esters is 1. The van der Waals surface area contributed by atoms with E-state index in [0.717, 1.165) is 31.6 Å². The number of carbonyl (C=O) groups excluding carboxylic acids is 2. The fraction of sp³-hybridized carbons (Fsp3) is 0.619. The molecule has 0 saturated heterocycles. The molecule has 0 radical (unpaired) electrons. The molecule has 0 aliphatic heterocycles. The van der Waals surface area contributed by atoms with Crippen LogP contribution in [0.25, 0.3) is 0 Å². The van der Waals surface area contributed by atoms with Gasteiger partial charge in [0.15, 0.2) is 0 Å². The van der Waals surface area contributed by atoms with E-state index in [0.29, 0.717) is 26.1 Å². The Hall–Kier alpha value is -1.88. The molecule has 0 saturated carbocycles. The first-order valence-electron chi connectivity index (χ1n) is 9.71. The number of aryl methyl sites for hydroxylation is 2. The summed E-state index contributed by atoms with van der Waals surface area (Å²) in [6, 6.07) is 8.28. The van der Waals surface area contributed by atoms with Crippen molar-refractivity contribution in [1.82, 2.24) is 9.80 Å². The van der Waals surface area contributed by atoms with Gasteiger partial charge in [-0.3, -0.25) is 9.59 Å². The number of benzene rings is 1. The van der Waals surface area contributed by atoms with Gasteiger partial charge in [-0.2, -0.15) is 0 Å². The zero-order chi connectivity index (χ0) is 19.4. The number of ether oxygens (including phenoxy) is 1. The maximum absolute atomic E-state index is 12.7. The van der Waals surface area contributed by atoms with Crippen molar-refractivity contribution >= 4 is 11.9 Å². The van der Waals surface area contributed by atoms with E-state index in [1.807, 2.05) is 4.90 Å². The number of nitrogens with zero attached hydrogens (tertiary/aromatic N) is 2. The Labute approximate surface area is 158 Å². The van der Waals surface area contributed by atoms with Crippen LogP contribution < -0.4 is 0 Å². The molecule has 0 aliphatic rings. The molecule has 0 fully saturated rings. The molecular formula is C21H34N2O3. The Morgan fingerprint density at radius 3 is 2.15 bits per heavy atom. The average molecular weight is 363 g/mol. The summed E-state index contributed by atoms with van der Waals surface area (Å²) in [5.74, 6) is -0.145. The van der Waals surface area contributed by atoms with E-state index in [1.165, 1.54) is 5.56 Å². The summed E-state index contributed by atoms with van der Waals surface area (Å²) in [6.45, 7) is 12.3. The summed E-state index contributed by atoms with van der Waals surface area (Å²) in [4.78, 5) is 28.5. The predicted octanol–water partition coefficient (Wildman–Crippen LogP) is 3.05. The van der Waals surface area contributed by atoms with Crippen molar-refractivity contribution in [2.24, 2.45) is 0 Å². The van der Waals surface area contributed by atoms with Gasteiger partial charge in [-0.15, -0.1) is 0 Å². The Morgan fingerprint density at radius 1 is 0.923 bits per heavy atom. The second-order valence-electron chi connectivity index (χ2n) is 6.45. The zero-order valence-electron chi connectivity index (χ0n) is 16.8. The van der Waals surface area contributed by atoms with Gasteiger partial charge in [0.05, 0.1) is 13.0 Å². The zero-order valence-corrected chi connectivity index (χ0v) is 16.8. The molecule has 1 amide bonds. The molecule has 0 atom stereocenters. The van der Waals surface area contributed by atoms with Crippen LogP contribution in [0.5, 0.6) is 0 Å². The standard InChI is InChI=1S/C21H34N2O3/c1-5-22(6-2)16-17-23(15-14-21(25)26-7-3)20(24)13-12-19-10-8-18(4)9-11-19/h8-11H,5-7,12-17H2,1-4H3. The number of hydrogen-bond donors (Lipinski definition) is 0. The molecule has 1 rings (SSSR count). The summed E-state index contributed by atoms with van der Waals surface area (Å²) < 4.78 is 4.99. The highest BCUT2D eigenvalue weighted by atomic mass is 16.5. The van der Waals surface area contributed by atoms with Gasteiger partial charge in [-0.1, -0.05) is 43.7 Å². The number of amides is 1. The quantitative estimate of drug-likeness (QED) is 0.536. The van der Waals surface area contributed by atoms with Crippen molar-refractivity contribution in [3.8, 4) is 0 Å². The minimum atomic E-state index is -0.244. The molecule has 5 heteroatoms. The summed E-state index contributed by atoms with van der Waals surface area (Å²) in [6.07, 6.45) is 1.44. The molecule has 0 aliphatic carbocycles.